The normalized spacial score (nSPS) is 22.9. The van der Waals surface area contributed by atoms with E-state index in [1.807, 2.05) is 11.8 Å². The summed E-state index contributed by atoms with van der Waals surface area (Å²) in [5.41, 5.74) is 6.08. The molecule has 0 amide bonds. The quantitative estimate of drug-likeness (QED) is 0.723. The number of nitrogens with two attached hydrogens (primary N) is 1. The van der Waals surface area contributed by atoms with Crippen LogP contribution in [0.3, 0.4) is 0 Å². The molecule has 0 bridgehead atoms. The highest BCUT2D eigenvalue weighted by Crippen LogP contribution is 2.23. The zero-order chi connectivity index (χ0) is 9.10. The lowest BCUT2D eigenvalue weighted by Gasteiger charge is -2.20. The fourth-order valence-corrected chi connectivity index (χ4v) is 1.99. The summed E-state index contributed by atoms with van der Waals surface area (Å²) < 4.78 is 5.52. The predicted molar refractivity (Wildman–Crippen MR) is 52.5 cm³/mol. The Morgan fingerprint density at radius 3 is 2.85 bits per heavy atom. The Morgan fingerprint density at radius 2 is 2.23 bits per heavy atom. The van der Waals surface area contributed by atoms with E-state index in [4.69, 9.17) is 10.5 Å². The molecule has 1 aliphatic rings. The zero-order valence-corrected chi connectivity index (χ0v) is 7.96. The molecule has 4 nitrogen and oxygen atoms in total. The SMILES string of the molecule is Nc1cnc(C2CSCCO2)nc1. The van der Waals surface area contributed by atoms with Crippen molar-refractivity contribution in [2.24, 2.45) is 0 Å². The van der Waals surface area contributed by atoms with E-state index < -0.39 is 0 Å². The number of ether oxygens (including phenoxy) is 1. The van der Waals surface area contributed by atoms with Gasteiger partial charge in [0.2, 0.25) is 0 Å². The molecule has 2 heterocycles. The van der Waals surface area contributed by atoms with Gasteiger partial charge in [-0.1, -0.05) is 0 Å². The molecule has 1 aliphatic heterocycles. The first-order chi connectivity index (χ1) is 6.36. The van der Waals surface area contributed by atoms with Crippen molar-refractivity contribution in [2.45, 2.75) is 6.10 Å². The van der Waals surface area contributed by atoms with Crippen molar-refractivity contribution in [3.05, 3.63) is 18.2 Å². The summed E-state index contributed by atoms with van der Waals surface area (Å²) in [7, 11) is 0. The number of hydrogen-bond donors (Lipinski definition) is 1. The highest BCUT2D eigenvalue weighted by molar-refractivity contribution is 7.99. The van der Waals surface area contributed by atoms with Crippen LogP contribution >= 0.6 is 11.8 Å². The van der Waals surface area contributed by atoms with Crippen molar-refractivity contribution in [3.63, 3.8) is 0 Å². The van der Waals surface area contributed by atoms with Crippen LogP contribution in [-0.2, 0) is 4.74 Å². The van der Waals surface area contributed by atoms with E-state index in [9.17, 15) is 0 Å². The minimum atomic E-state index is 0.0411. The van der Waals surface area contributed by atoms with Gasteiger partial charge in [0.25, 0.3) is 0 Å². The molecule has 2 N–H and O–H groups in total. The van der Waals surface area contributed by atoms with Gasteiger partial charge in [0.1, 0.15) is 6.10 Å². The van der Waals surface area contributed by atoms with Gasteiger partial charge in [0, 0.05) is 11.5 Å². The Morgan fingerprint density at radius 1 is 1.46 bits per heavy atom. The summed E-state index contributed by atoms with van der Waals surface area (Å²) in [4.78, 5) is 8.25. The predicted octanol–water partition coefficient (Wildman–Crippen LogP) is 0.863. The molecule has 0 aliphatic carbocycles. The van der Waals surface area contributed by atoms with Crippen LogP contribution in [0.5, 0.6) is 0 Å². The number of anilines is 1. The van der Waals surface area contributed by atoms with Crippen LogP contribution in [-0.4, -0.2) is 28.1 Å². The summed E-state index contributed by atoms with van der Waals surface area (Å²) in [6.07, 6.45) is 3.27. The highest BCUT2D eigenvalue weighted by Gasteiger charge is 2.18. The molecular weight excluding hydrogens is 186 g/mol. The van der Waals surface area contributed by atoms with Crippen LogP contribution in [0.15, 0.2) is 12.4 Å². The number of thioether (sulfide) groups is 1. The molecule has 1 fully saturated rings. The average molecular weight is 197 g/mol. The van der Waals surface area contributed by atoms with Crippen molar-refractivity contribution in [1.82, 2.24) is 9.97 Å². The van der Waals surface area contributed by atoms with Crippen molar-refractivity contribution >= 4 is 17.4 Å². The number of hydrogen-bond acceptors (Lipinski definition) is 5. The molecular formula is C8H11N3OS. The molecule has 0 spiro atoms. The minimum Gasteiger partial charge on any atom is -0.396 e. The second kappa shape index (κ2) is 3.93. The van der Waals surface area contributed by atoms with E-state index in [0.29, 0.717) is 5.69 Å². The average Bonchev–Trinajstić information content (AvgIpc) is 2.20. The number of aromatic nitrogens is 2. The highest BCUT2D eigenvalue weighted by atomic mass is 32.2. The summed E-state index contributed by atoms with van der Waals surface area (Å²) in [5.74, 6) is 2.73. The number of nitrogen functional groups attached to an aromatic ring is 1. The lowest BCUT2D eigenvalue weighted by atomic mass is 10.3. The topological polar surface area (TPSA) is 61.0 Å². The van der Waals surface area contributed by atoms with Gasteiger partial charge in [0.05, 0.1) is 24.7 Å². The second-order valence-corrected chi connectivity index (χ2v) is 3.96. The maximum Gasteiger partial charge on any atom is 0.158 e. The first kappa shape index (κ1) is 8.77. The van der Waals surface area contributed by atoms with E-state index in [0.717, 1.165) is 23.9 Å². The molecule has 1 aromatic heterocycles. The van der Waals surface area contributed by atoms with E-state index in [1.165, 1.54) is 0 Å². The molecule has 0 aromatic carbocycles. The minimum absolute atomic E-state index is 0.0411. The second-order valence-electron chi connectivity index (χ2n) is 2.81. The Hall–Kier alpha value is -0.810. The van der Waals surface area contributed by atoms with Crippen molar-refractivity contribution in [2.75, 3.05) is 23.8 Å². The van der Waals surface area contributed by atoms with Crippen LogP contribution in [0.4, 0.5) is 5.69 Å². The molecule has 0 saturated carbocycles. The van der Waals surface area contributed by atoms with Crippen molar-refractivity contribution in [3.8, 4) is 0 Å². The summed E-state index contributed by atoms with van der Waals surface area (Å²) >= 11 is 1.87. The molecule has 13 heavy (non-hydrogen) atoms. The molecule has 0 radical (unpaired) electrons. The Balaban J connectivity index is 2.10. The smallest absolute Gasteiger partial charge is 0.158 e. The largest absolute Gasteiger partial charge is 0.396 e. The van der Waals surface area contributed by atoms with E-state index in [-0.39, 0.29) is 6.10 Å². The number of rotatable bonds is 1. The fourth-order valence-electron chi connectivity index (χ4n) is 1.15. The van der Waals surface area contributed by atoms with E-state index in [1.54, 1.807) is 12.4 Å². The molecule has 5 heteroatoms. The van der Waals surface area contributed by atoms with Crippen molar-refractivity contribution < 1.29 is 4.74 Å². The Kier molecular flexibility index (Phi) is 2.65. The molecule has 70 valence electrons. The van der Waals surface area contributed by atoms with Crippen LogP contribution < -0.4 is 5.73 Å². The standard InChI is InChI=1S/C8H11N3OS/c9-6-3-10-8(11-4-6)7-5-13-2-1-12-7/h3-4,7H,1-2,5,9H2. The molecule has 1 atom stereocenters. The third-order valence-electron chi connectivity index (χ3n) is 1.80. The first-order valence-electron chi connectivity index (χ1n) is 4.13. The van der Waals surface area contributed by atoms with Crippen LogP contribution in [0.2, 0.25) is 0 Å². The fraction of sp³-hybridized carbons (Fsp3) is 0.500. The zero-order valence-electron chi connectivity index (χ0n) is 7.14. The summed E-state index contributed by atoms with van der Waals surface area (Å²) in [6, 6.07) is 0. The third kappa shape index (κ3) is 2.10. The van der Waals surface area contributed by atoms with Gasteiger partial charge in [-0.3, -0.25) is 0 Å². The van der Waals surface area contributed by atoms with Crippen LogP contribution in [0, 0.1) is 0 Å². The maximum atomic E-state index is 5.52. The summed E-state index contributed by atoms with van der Waals surface area (Å²) in [6.45, 7) is 0.781. The van der Waals surface area contributed by atoms with Gasteiger partial charge >= 0.3 is 0 Å². The van der Waals surface area contributed by atoms with Gasteiger partial charge in [0.15, 0.2) is 5.82 Å². The lowest BCUT2D eigenvalue weighted by molar-refractivity contribution is 0.0694. The van der Waals surface area contributed by atoms with Gasteiger partial charge in [-0.05, 0) is 0 Å². The first-order valence-corrected chi connectivity index (χ1v) is 5.28. The lowest BCUT2D eigenvalue weighted by Crippen LogP contribution is -2.17. The van der Waals surface area contributed by atoms with E-state index in [2.05, 4.69) is 9.97 Å². The van der Waals surface area contributed by atoms with Gasteiger partial charge in [-0.25, -0.2) is 9.97 Å². The monoisotopic (exact) mass is 197 g/mol. The Bertz CT molecular complexity index is 271. The van der Waals surface area contributed by atoms with Crippen molar-refractivity contribution in [1.29, 1.82) is 0 Å². The molecule has 1 unspecified atom stereocenters. The number of nitrogens with zero attached hydrogens (tertiary/aromatic N) is 2. The van der Waals surface area contributed by atoms with Crippen LogP contribution in [0.25, 0.3) is 0 Å². The van der Waals surface area contributed by atoms with Crippen LogP contribution in [0.1, 0.15) is 11.9 Å². The molecule has 1 aromatic rings. The van der Waals surface area contributed by atoms with E-state index >= 15 is 0 Å². The Labute approximate surface area is 80.9 Å². The van der Waals surface area contributed by atoms with Gasteiger partial charge in [-0.15, -0.1) is 0 Å². The molecule has 2 rings (SSSR count). The van der Waals surface area contributed by atoms with Gasteiger partial charge < -0.3 is 10.5 Å². The third-order valence-corrected chi connectivity index (χ3v) is 2.79. The van der Waals surface area contributed by atoms with Gasteiger partial charge in [-0.2, -0.15) is 11.8 Å². The molecule has 1 saturated heterocycles. The maximum absolute atomic E-state index is 5.52. The summed E-state index contributed by atoms with van der Waals surface area (Å²) in [5, 5.41) is 0.